The number of hydrogen-bond donors (Lipinski definition) is 2. The van der Waals surface area contributed by atoms with E-state index in [1.807, 2.05) is 33.1 Å². The summed E-state index contributed by atoms with van der Waals surface area (Å²) >= 11 is 7.68. The van der Waals surface area contributed by atoms with Crippen LogP contribution in [0.2, 0.25) is 5.02 Å². The van der Waals surface area contributed by atoms with E-state index < -0.39 is 10.0 Å². The Morgan fingerprint density at radius 3 is 2.57 bits per heavy atom. The van der Waals surface area contributed by atoms with Gasteiger partial charge in [-0.25, -0.2) is 13.1 Å². The quantitative estimate of drug-likeness (QED) is 0.708. The van der Waals surface area contributed by atoms with Gasteiger partial charge in [0.05, 0.1) is 4.90 Å². The Labute approximate surface area is 137 Å². The summed E-state index contributed by atoms with van der Waals surface area (Å²) in [7, 11) is -3.52. The fourth-order valence-corrected chi connectivity index (χ4v) is 3.92. The fourth-order valence-electron chi connectivity index (χ4n) is 1.84. The smallest absolute Gasteiger partial charge is 0.240 e. The van der Waals surface area contributed by atoms with Gasteiger partial charge >= 0.3 is 0 Å². The van der Waals surface area contributed by atoms with E-state index in [-0.39, 0.29) is 4.90 Å². The maximum absolute atomic E-state index is 12.4. The highest BCUT2D eigenvalue weighted by Crippen LogP contribution is 2.24. The van der Waals surface area contributed by atoms with E-state index >= 15 is 0 Å². The van der Waals surface area contributed by atoms with Crippen LogP contribution >= 0.6 is 23.4 Å². The summed E-state index contributed by atoms with van der Waals surface area (Å²) in [6, 6.07) is 3.65. The molecule has 2 N–H and O–H groups in total. The summed E-state index contributed by atoms with van der Waals surface area (Å²) in [6.45, 7) is 6.91. The molecule has 7 heteroatoms. The minimum atomic E-state index is -3.52. The van der Waals surface area contributed by atoms with Crippen LogP contribution < -0.4 is 10.0 Å². The zero-order valence-corrected chi connectivity index (χ0v) is 15.3. The Morgan fingerprint density at radius 2 is 2.00 bits per heavy atom. The fraction of sp³-hybridized carbons (Fsp3) is 0.571. The van der Waals surface area contributed by atoms with Gasteiger partial charge in [-0.3, -0.25) is 0 Å². The van der Waals surface area contributed by atoms with Crippen molar-refractivity contribution >= 4 is 33.4 Å². The third-order valence-corrected chi connectivity index (χ3v) is 5.44. The van der Waals surface area contributed by atoms with Crippen LogP contribution in [0.15, 0.2) is 17.0 Å². The number of sulfonamides is 1. The van der Waals surface area contributed by atoms with Crippen molar-refractivity contribution < 1.29 is 8.42 Å². The third kappa shape index (κ3) is 5.79. The van der Waals surface area contributed by atoms with Crippen LogP contribution in [0, 0.1) is 6.92 Å². The van der Waals surface area contributed by atoms with Crippen molar-refractivity contribution in [3.8, 4) is 0 Å². The Kier molecular flexibility index (Phi) is 7.50. The second kappa shape index (κ2) is 8.39. The number of halogens is 1. The van der Waals surface area contributed by atoms with Gasteiger partial charge in [0.15, 0.2) is 0 Å². The zero-order chi connectivity index (χ0) is 16.0. The molecule has 0 spiro atoms. The first-order chi connectivity index (χ1) is 9.77. The molecular formula is C14H23ClN2O2S2. The van der Waals surface area contributed by atoms with Gasteiger partial charge < -0.3 is 5.32 Å². The summed E-state index contributed by atoms with van der Waals surface area (Å²) in [4.78, 5) is 0.261. The highest BCUT2D eigenvalue weighted by molar-refractivity contribution is 7.98. The molecule has 1 aromatic carbocycles. The average Bonchev–Trinajstić information content (AvgIpc) is 2.39. The lowest BCUT2D eigenvalue weighted by Crippen LogP contribution is -2.27. The largest absolute Gasteiger partial charge is 0.310 e. The number of hydrogen-bond acceptors (Lipinski definition) is 4. The lowest BCUT2D eigenvalue weighted by Gasteiger charge is -2.15. The standard InChI is InChI=1S/C14H23ClN2O2S2/c1-10(2)16-9-12-7-13(15)8-14(11(12)3)21(18,19)17-5-6-20-4/h7-8,10,16-17H,5-6,9H2,1-4H3. The Hall–Kier alpha value is -0.270. The van der Waals surface area contributed by atoms with Crippen LogP contribution in [0.3, 0.4) is 0 Å². The maximum atomic E-state index is 12.4. The lowest BCUT2D eigenvalue weighted by atomic mass is 10.1. The van der Waals surface area contributed by atoms with Gasteiger partial charge in [-0.05, 0) is 36.4 Å². The van der Waals surface area contributed by atoms with Crippen molar-refractivity contribution in [3.05, 3.63) is 28.3 Å². The second-order valence-electron chi connectivity index (χ2n) is 5.11. The minimum absolute atomic E-state index is 0.261. The van der Waals surface area contributed by atoms with Gasteiger partial charge in [-0.15, -0.1) is 0 Å². The highest BCUT2D eigenvalue weighted by Gasteiger charge is 2.19. The molecule has 0 unspecified atom stereocenters. The van der Waals surface area contributed by atoms with Gasteiger partial charge in [0, 0.05) is 29.9 Å². The summed E-state index contributed by atoms with van der Waals surface area (Å²) in [5, 5.41) is 3.72. The Balaban J connectivity index is 3.06. The minimum Gasteiger partial charge on any atom is -0.310 e. The molecule has 0 fully saturated rings. The van der Waals surface area contributed by atoms with Gasteiger partial charge in [-0.2, -0.15) is 11.8 Å². The van der Waals surface area contributed by atoms with E-state index in [4.69, 9.17) is 11.6 Å². The Morgan fingerprint density at radius 1 is 1.33 bits per heavy atom. The zero-order valence-electron chi connectivity index (χ0n) is 12.9. The van der Waals surface area contributed by atoms with E-state index in [1.54, 1.807) is 11.8 Å². The van der Waals surface area contributed by atoms with Crippen molar-refractivity contribution in [3.63, 3.8) is 0 Å². The molecule has 0 bridgehead atoms. The van der Waals surface area contributed by atoms with Crippen molar-refractivity contribution in [2.24, 2.45) is 0 Å². The summed E-state index contributed by atoms with van der Waals surface area (Å²) < 4.78 is 27.4. The molecule has 0 radical (unpaired) electrons. The first-order valence-electron chi connectivity index (χ1n) is 6.79. The van der Waals surface area contributed by atoms with E-state index in [1.165, 1.54) is 6.07 Å². The molecule has 0 saturated heterocycles. The van der Waals surface area contributed by atoms with Crippen molar-refractivity contribution in [2.75, 3.05) is 18.6 Å². The molecule has 0 amide bonds. The van der Waals surface area contributed by atoms with E-state index in [9.17, 15) is 8.42 Å². The number of thioether (sulfide) groups is 1. The van der Waals surface area contributed by atoms with Crippen LogP contribution in [0.25, 0.3) is 0 Å². The van der Waals surface area contributed by atoms with Crippen LogP contribution in [0.4, 0.5) is 0 Å². The van der Waals surface area contributed by atoms with E-state index in [0.717, 1.165) is 16.9 Å². The normalized spacial score (nSPS) is 12.1. The monoisotopic (exact) mass is 350 g/mol. The van der Waals surface area contributed by atoms with Gasteiger partial charge in [0.2, 0.25) is 10.0 Å². The average molecular weight is 351 g/mol. The summed E-state index contributed by atoms with van der Waals surface area (Å²) in [6.07, 6.45) is 1.94. The predicted molar refractivity (Wildman–Crippen MR) is 91.7 cm³/mol. The molecule has 0 saturated carbocycles. The highest BCUT2D eigenvalue weighted by atomic mass is 35.5. The lowest BCUT2D eigenvalue weighted by molar-refractivity contribution is 0.579. The molecule has 1 rings (SSSR count). The van der Waals surface area contributed by atoms with Crippen molar-refractivity contribution in [2.45, 2.75) is 38.3 Å². The molecule has 120 valence electrons. The van der Waals surface area contributed by atoms with Gasteiger partial charge in [0.25, 0.3) is 0 Å². The summed E-state index contributed by atoms with van der Waals surface area (Å²) in [5.74, 6) is 0.737. The number of nitrogens with one attached hydrogen (secondary N) is 2. The summed E-state index contributed by atoms with van der Waals surface area (Å²) in [5.41, 5.74) is 1.64. The molecule has 0 atom stereocenters. The second-order valence-corrected chi connectivity index (χ2v) is 8.27. The first kappa shape index (κ1) is 18.8. The number of rotatable bonds is 8. The molecule has 0 heterocycles. The van der Waals surface area contributed by atoms with Crippen LogP contribution in [-0.4, -0.2) is 33.0 Å². The predicted octanol–water partition coefficient (Wildman–Crippen LogP) is 2.79. The molecular weight excluding hydrogens is 328 g/mol. The van der Waals surface area contributed by atoms with E-state index in [0.29, 0.717) is 24.2 Å². The topological polar surface area (TPSA) is 58.2 Å². The van der Waals surface area contributed by atoms with Gasteiger partial charge in [0.1, 0.15) is 0 Å². The molecule has 0 aliphatic heterocycles. The molecule has 21 heavy (non-hydrogen) atoms. The molecule has 0 aromatic heterocycles. The number of benzene rings is 1. The van der Waals surface area contributed by atoms with Crippen molar-refractivity contribution in [1.29, 1.82) is 0 Å². The van der Waals surface area contributed by atoms with Crippen LogP contribution in [-0.2, 0) is 16.6 Å². The molecule has 1 aromatic rings. The molecule has 4 nitrogen and oxygen atoms in total. The molecule has 0 aliphatic rings. The maximum Gasteiger partial charge on any atom is 0.240 e. The SMILES string of the molecule is CSCCNS(=O)(=O)c1cc(Cl)cc(CNC(C)C)c1C. The van der Waals surface area contributed by atoms with E-state index in [2.05, 4.69) is 10.0 Å². The molecule has 0 aliphatic carbocycles. The Bertz CT molecular complexity index is 575. The van der Waals surface area contributed by atoms with Crippen LogP contribution in [0.1, 0.15) is 25.0 Å². The van der Waals surface area contributed by atoms with Crippen molar-refractivity contribution in [1.82, 2.24) is 10.0 Å². The van der Waals surface area contributed by atoms with Gasteiger partial charge in [-0.1, -0.05) is 25.4 Å². The first-order valence-corrected chi connectivity index (χ1v) is 10.0. The van der Waals surface area contributed by atoms with Crippen LogP contribution in [0.5, 0.6) is 0 Å². The third-order valence-electron chi connectivity index (χ3n) is 3.02.